The van der Waals surface area contributed by atoms with E-state index in [1.165, 1.54) is 20.0 Å². The van der Waals surface area contributed by atoms with Crippen molar-refractivity contribution in [3.63, 3.8) is 0 Å². The molecule has 24 heavy (non-hydrogen) atoms. The molecule has 0 unspecified atom stereocenters. The first kappa shape index (κ1) is 15.5. The third-order valence-electron chi connectivity index (χ3n) is 4.07. The maximum absolute atomic E-state index is 5.82. The molecule has 4 nitrogen and oxygen atoms in total. The van der Waals surface area contributed by atoms with E-state index in [0.717, 1.165) is 17.4 Å². The molecule has 0 saturated carbocycles. The minimum Gasteiger partial charge on any atom is -0.375 e. The summed E-state index contributed by atoms with van der Waals surface area (Å²) in [5.41, 5.74) is 3.41. The topological polar surface area (TPSA) is 39.9 Å². The van der Waals surface area contributed by atoms with E-state index in [1.807, 2.05) is 24.4 Å². The van der Waals surface area contributed by atoms with Gasteiger partial charge in [0.15, 0.2) is 0 Å². The van der Waals surface area contributed by atoms with Crippen molar-refractivity contribution in [2.24, 2.45) is 0 Å². The summed E-state index contributed by atoms with van der Waals surface area (Å²) in [6, 6.07) is 14.5. The predicted molar refractivity (Wildman–Crippen MR) is 104 cm³/mol. The average molecular weight is 429 g/mol. The Balaban J connectivity index is 1.53. The van der Waals surface area contributed by atoms with Crippen LogP contribution in [0.2, 0.25) is 0 Å². The Kier molecular flexibility index (Phi) is 4.44. The summed E-state index contributed by atoms with van der Waals surface area (Å²) < 4.78 is 9.26. The summed E-state index contributed by atoms with van der Waals surface area (Å²) in [6.45, 7) is 2.15. The van der Waals surface area contributed by atoms with Gasteiger partial charge in [-0.25, -0.2) is 9.97 Å². The molecule has 0 fully saturated rings. The summed E-state index contributed by atoms with van der Waals surface area (Å²) in [7, 11) is 0. The van der Waals surface area contributed by atoms with Gasteiger partial charge >= 0.3 is 0 Å². The van der Waals surface area contributed by atoms with Crippen LogP contribution in [0.4, 0.5) is 0 Å². The van der Waals surface area contributed by atoms with E-state index >= 15 is 0 Å². The van der Waals surface area contributed by atoms with E-state index in [9.17, 15) is 0 Å². The van der Waals surface area contributed by atoms with Crippen LogP contribution in [0.25, 0.3) is 21.8 Å². The van der Waals surface area contributed by atoms with Crippen molar-refractivity contribution in [2.75, 3.05) is 6.61 Å². The van der Waals surface area contributed by atoms with Crippen LogP contribution in [0.1, 0.15) is 5.56 Å². The van der Waals surface area contributed by atoms with Gasteiger partial charge in [-0.1, -0.05) is 30.3 Å². The second kappa shape index (κ2) is 6.86. The number of halogens is 1. The summed E-state index contributed by atoms with van der Waals surface area (Å²) in [6.07, 6.45) is 5.60. The van der Waals surface area contributed by atoms with E-state index in [1.54, 1.807) is 6.33 Å². The Labute approximate surface area is 153 Å². The molecular weight excluding hydrogens is 413 g/mol. The van der Waals surface area contributed by atoms with E-state index in [-0.39, 0.29) is 0 Å². The Hall–Kier alpha value is -1.99. The van der Waals surface area contributed by atoms with Crippen LogP contribution >= 0.6 is 22.6 Å². The van der Waals surface area contributed by atoms with Crippen molar-refractivity contribution in [3.05, 3.63) is 70.3 Å². The highest BCUT2D eigenvalue weighted by molar-refractivity contribution is 14.1. The number of hydrogen-bond donors (Lipinski definition) is 0. The number of nitrogens with zero attached hydrogens (tertiary/aromatic N) is 3. The Morgan fingerprint density at radius 3 is 2.83 bits per heavy atom. The summed E-state index contributed by atoms with van der Waals surface area (Å²) in [5, 5.41) is 2.29. The minimum absolute atomic E-state index is 0.647. The standard InChI is InChI=1S/C19H16IN3O/c20-17-10-18-16(11-21-13-22-18)15-6-7-23(19(15)17)8-9-24-12-14-4-2-1-3-5-14/h1-7,10-11,13H,8-9,12H2. The molecule has 0 aliphatic carbocycles. The Morgan fingerprint density at radius 1 is 1.08 bits per heavy atom. The van der Waals surface area contributed by atoms with Gasteiger partial charge < -0.3 is 9.30 Å². The molecule has 4 rings (SSSR count). The smallest absolute Gasteiger partial charge is 0.116 e. The number of fused-ring (bicyclic) bond motifs is 3. The van der Waals surface area contributed by atoms with Gasteiger partial charge in [-0.05, 0) is 40.3 Å². The molecule has 120 valence electrons. The molecule has 0 spiro atoms. The van der Waals surface area contributed by atoms with Crippen molar-refractivity contribution in [2.45, 2.75) is 13.2 Å². The highest BCUT2D eigenvalue weighted by Gasteiger charge is 2.10. The minimum atomic E-state index is 0.647. The van der Waals surface area contributed by atoms with Gasteiger partial charge in [0.05, 0.1) is 24.2 Å². The lowest BCUT2D eigenvalue weighted by Gasteiger charge is -2.09. The normalized spacial score (nSPS) is 11.4. The van der Waals surface area contributed by atoms with Crippen LogP contribution in [-0.4, -0.2) is 21.1 Å². The zero-order valence-electron chi connectivity index (χ0n) is 13.0. The molecule has 0 saturated heterocycles. The monoisotopic (exact) mass is 429 g/mol. The quantitative estimate of drug-likeness (QED) is 0.349. The fourth-order valence-electron chi connectivity index (χ4n) is 2.92. The number of benzene rings is 2. The van der Waals surface area contributed by atoms with Gasteiger partial charge in [0.25, 0.3) is 0 Å². The lowest BCUT2D eigenvalue weighted by atomic mass is 10.1. The number of aromatic nitrogens is 3. The van der Waals surface area contributed by atoms with E-state index < -0.39 is 0 Å². The van der Waals surface area contributed by atoms with Crippen LogP contribution in [0.15, 0.2) is 61.2 Å². The summed E-state index contributed by atoms with van der Waals surface area (Å²) in [5.74, 6) is 0. The van der Waals surface area contributed by atoms with E-state index in [2.05, 4.69) is 67.6 Å². The zero-order chi connectivity index (χ0) is 16.4. The highest BCUT2D eigenvalue weighted by Crippen LogP contribution is 2.29. The molecule has 0 aliphatic rings. The van der Waals surface area contributed by atoms with Crippen LogP contribution in [-0.2, 0) is 17.9 Å². The number of hydrogen-bond acceptors (Lipinski definition) is 3. The molecule has 0 aliphatic heterocycles. The zero-order valence-corrected chi connectivity index (χ0v) is 15.2. The molecular formula is C19H16IN3O. The van der Waals surface area contributed by atoms with Crippen LogP contribution in [0.5, 0.6) is 0 Å². The van der Waals surface area contributed by atoms with Gasteiger partial charge in [0.2, 0.25) is 0 Å². The Morgan fingerprint density at radius 2 is 1.96 bits per heavy atom. The van der Waals surface area contributed by atoms with Crippen LogP contribution in [0, 0.1) is 3.57 Å². The van der Waals surface area contributed by atoms with Gasteiger partial charge in [-0.15, -0.1) is 0 Å². The third kappa shape index (κ3) is 3.01. The SMILES string of the molecule is Ic1cc2ncncc2c2ccn(CCOCc3ccccc3)c12. The molecule has 4 aromatic rings. The lowest BCUT2D eigenvalue weighted by molar-refractivity contribution is 0.114. The molecule has 0 radical (unpaired) electrons. The Bertz CT molecular complexity index is 982. The van der Waals surface area contributed by atoms with E-state index in [0.29, 0.717) is 13.2 Å². The first-order valence-corrected chi connectivity index (χ1v) is 8.89. The van der Waals surface area contributed by atoms with Crippen molar-refractivity contribution in [1.29, 1.82) is 0 Å². The predicted octanol–water partition coefficient (Wildman–Crippen LogP) is 4.41. The summed E-state index contributed by atoms with van der Waals surface area (Å²) in [4.78, 5) is 8.52. The maximum atomic E-state index is 5.82. The highest BCUT2D eigenvalue weighted by atomic mass is 127. The lowest BCUT2D eigenvalue weighted by Crippen LogP contribution is -2.05. The molecule has 2 aromatic heterocycles. The fraction of sp³-hybridized carbons (Fsp3) is 0.158. The first-order chi connectivity index (χ1) is 11.8. The molecule has 0 amide bonds. The van der Waals surface area contributed by atoms with Gasteiger partial charge in [-0.3, -0.25) is 0 Å². The molecule has 0 bridgehead atoms. The fourth-order valence-corrected chi connectivity index (χ4v) is 3.81. The molecule has 2 heterocycles. The second-order valence-electron chi connectivity index (χ2n) is 5.62. The summed E-state index contributed by atoms with van der Waals surface area (Å²) >= 11 is 2.38. The van der Waals surface area contributed by atoms with Gasteiger partial charge in [0.1, 0.15) is 6.33 Å². The molecule has 0 N–H and O–H groups in total. The van der Waals surface area contributed by atoms with Gasteiger partial charge in [0, 0.05) is 33.3 Å². The van der Waals surface area contributed by atoms with Crippen molar-refractivity contribution in [3.8, 4) is 0 Å². The molecule has 0 atom stereocenters. The molecule has 5 heteroatoms. The largest absolute Gasteiger partial charge is 0.375 e. The van der Waals surface area contributed by atoms with Crippen molar-refractivity contribution < 1.29 is 4.74 Å². The maximum Gasteiger partial charge on any atom is 0.116 e. The van der Waals surface area contributed by atoms with Crippen molar-refractivity contribution >= 4 is 44.4 Å². The third-order valence-corrected chi connectivity index (χ3v) is 4.90. The van der Waals surface area contributed by atoms with Crippen molar-refractivity contribution in [1.82, 2.24) is 14.5 Å². The first-order valence-electron chi connectivity index (χ1n) is 7.81. The average Bonchev–Trinajstić information content (AvgIpc) is 3.05. The number of rotatable bonds is 5. The number of ether oxygens (including phenoxy) is 1. The van der Waals surface area contributed by atoms with Crippen LogP contribution < -0.4 is 0 Å². The van der Waals surface area contributed by atoms with E-state index in [4.69, 9.17) is 4.74 Å². The molecule has 2 aromatic carbocycles. The van der Waals surface area contributed by atoms with Crippen LogP contribution in [0.3, 0.4) is 0 Å². The second-order valence-corrected chi connectivity index (χ2v) is 6.79. The van der Waals surface area contributed by atoms with Gasteiger partial charge in [-0.2, -0.15) is 0 Å².